The molecule has 3 aromatic rings. The van der Waals surface area contributed by atoms with Crippen LogP contribution in [-0.2, 0) is 12.8 Å². The van der Waals surface area contributed by atoms with Gasteiger partial charge in [-0.25, -0.2) is 5.43 Å². The van der Waals surface area contributed by atoms with E-state index in [0.29, 0.717) is 22.4 Å². The zero-order valence-corrected chi connectivity index (χ0v) is 16.2. The Labute approximate surface area is 169 Å². The first kappa shape index (κ1) is 20.6. The van der Waals surface area contributed by atoms with Crippen LogP contribution in [0.1, 0.15) is 31.9 Å². The quantitative estimate of drug-likeness (QED) is 0.429. The van der Waals surface area contributed by atoms with Crippen LogP contribution in [0.2, 0.25) is 0 Å². The largest absolute Gasteiger partial charge is 0.489 e. The second-order valence-corrected chi connectivity index (χ2v) is 7.32. The van der Waals surface area contributed by atoms with E-state index in [4.69, 9.17) is 4.74 Å². The number of nitrogens with one attached hydrogen (secondary N) is 1. The second kappa shape index (κ2) is 8.91. The fraction of sp³-hybridized carbons (Fsp3) is 0.143. The van der Waals surface area contributed by atoms with Gasteiger partial charge in [-0.15, -0.1) is 11.3 Å². The summed E-state index contributed by atoms with van der Waals surface area (Å²) in [5.41, 5.74) is 3.37. The average Bonchev–Trinajstić information content (AvgIpc) is 3.13. The van der Waals surface area contributed by atoms with Gasteiger partial charge in [-0.05, 0) is 48.4 Å². The third-order valence-electron chi connectivity index (χ3n) is 3.89. The van der Waals surface area contributed by atoms with E-state index in [1.165, 1.54) is 23.6 Å². The molecule has 0 unspecified atom stereocenters. The number of alkyl halides is 3. The van der Waals surface area contributed by atoms with Gasteiger partial charge in [-0.2, -0.15) is 18.3 Å². The highest BCUT2D eigenvalue weighted by atomic mass is 32.1. The molecule has 1 N–H and O–H groups in total. The molecule has 150 valence electrons. The van der Waals surface area contributed by atoms with Crippen LogP contribution in [0.3, 0.4) is 0 Å². The SMILES string of the molecule is Cc1cc(C(=O)N/N=C/c2cccc(OCc3cccc(C(F)(F)F)c3)c2)cs1. The second-order valence-electron chi connectivity index (χ2n) is 6.20. The number of hydrazone groups is 1. The predicted octanol–water partition coefficient (Wildman–Crippen LogP) is 5.42. The van der Waals surface area contributed by atoms with Crippen molar-refractivity contribution in [1.82, 2.24) is 5.43 Å². The van der Waals surface area contributed by atoms with Crippen LogP contribution in [0.4, 0.5) is 13.2 Å². The van der Waals surface area contributed by atoms with Crippen molar-refractivity contribution < 1.29 is 22.7 Å². The van der Waals surface area contributed by atoms with E-state index in [1.54, 1.807) is 41.8 Å². The lowest BCUT2D eigenvalue weighted by atomic mass is 10.1. The molecular weight excluding hydrogens is 401 g/mol. The lowest BCUT2D eigenvalue weighted by Crippen LogP contribution is -2.16. The first-order chi connectivity index (χ1) is 13.8. The molecule has 0 saturated heterocycles. The van der Waals surface area contributed by atoms with Crippen molar-refractivity contribution in [3.05, 3.63) is 87.1 Å². The number of hydrogen-bond acceptors (Lipinski definition) is 4. The molecule has 1 heterocycles. The smallest absolute Gasteiger partial charge is 0.416 e. The normalized spacial score (nSPS) is 11.6. The molecule has 0 aliphatic rings. The molecular formula is C21H17F3N2O2S. The van der Waals surface area contributed by atoms with Gasteiger partial charge in [0.15, 0.2) is 0 Å². The Morgan fingerprint density at radius 3 is 2.69 bits per heavy atom. The van der Waals surface area contributed by atoms with Gasteiger partial charge >= 0.3 is 6.18 Å². The van der Waals surface area contributed by atoms with Gasteiger partial charge in [0.25, 0.3) is 5.91 Å². The predicted molar refractivity (Wildman–Crippen MR) is 106 cm³/mol. The van der Waals surface area contributed by atoms with Crippen molar-refractivity contribution >= 4 is 23.5 Å². The molecule has 0 aliphatic heterocycles. The van der Waals surface area contributed by atoms with Gasteiger partial charge in [0.1, 0.15) is 12.4 Å². The molecule has 0 bridgehead atoms. The summed E-state index contributed by atoms with van der Waals surface area (Å²) in [7, 11) is 0. The third kappa shape index (κ3) is 5.92. The van der Waals surface area contributed by atoms with Gasteiger partial charge in [0.2, 0.25) is 0 Å². The first-order valence-electron chi connectivity index (χ1n) is 8.59. The fourth-order valence-electron chi connectivity index (χ4n) is 2.48. The number of halogens is 3. The zero-order chi connectivity index (χ0) is 20.9. The number of rotatable bonds is 6. The van der Waals surface area contributed by atoms with Crippen molar-refractivity contribution in [2.45, 2.75) is 19.7 Å². The minimum absolute atomic E-state index is 0.00123. The molecule has 4 nitrogen and oxygen atoms in total. The van der Waals surface area contributed by atoms with Gasteiger partial charge in [0, 0.05) is 10.3 Å². The Balaban J connectivity index is 1.59. The highest BCUT2D eigenvalue weighted by molar-refractivity contribution is 7.10. The molecule has 2 aromatic carbocycles. The molecule has 0 spiro atoms. The Hall–Kier alpha value is -3.13. The molecule has 0 saturated carbocycles. The number of benzene rings is 2. The summed E-state index contributed by atoms with van der Waals surface area (Å²) >= 11 is 1.48. The Bertz CT molecular complexity index is 1030. The van der Waals surface area contributed by atoms with E-state index >= 15 is 0 Å². The summed E-state index contributed by atoms with van der Waals surface area (Å²) in [6.07, 6.45) is -2.92. The van der Waals surface area contributed by atoms with Crippen LogP contribution in [0, 0.1) is 6.92 Å². The van der Waals surface area contributed by atoms with Crippen LogP contribution >= 0.6 is 11.3 Å². The summed E-state index contributed by atoms with van der Waals surface area (Å²) in [5.74, 6) is 0.175. The van der Waals surface area contributed by atoms with Crippen molar-refractivity contribution in [3.63, 3.8) is 0 Å². The van der Waals surface area contributed by atoms with Gasteiger partial charge < -0.3 is 4.74 Å². The standard InChI is InChI=1S/C21H17F3N2O2S/c1-14-8-17(13-29-14)20(27)26-25-11-15-4-3-7-19(10-15)28-12-16-5-2-6-18(9-16)21(22,23)24/h2-11,13H,12H2,1H3,(H,26,27)/b25-11+. The van der Waals surface area contributed by atoms with E-state index < -0.39 is 11.7 Å². The van der Waals surface area contributed by atoms with E-state index in [9.17, 15) is 18.0 Å². The van der Waals surface area contributed by atoms with Crippen LogP contribution in [0.15, 0.2) is 65.1 Å². The minimum atomic E-state index is -4.39. The molecule has 8 heteroatoms. The Kier molecular flexibility index (Phi) is 6.33. The van der Waals surface area contributed by atoms with Gasteiger partial charge in [-0.1, -0.05) is 24.3 Å². The van der Waals surface area contributed by atoms with E-state index in [-0.39, 0.29) is 12.5 Å². The molecule has 0 aliphatic carbocycles. The number of carbonyl (C=O) groups is 1. The Morgan fingerprint density at radius 1 is 1.17 bits per heavy atom. The number of hydrogen-bond donors (Lipinski definition) is 1. The van der Waals surface area contributed by atoms with E-state index in [2.05, 4.69) is 10.5 Å². The molecule has 1 amide bonds. The highest BCUT2D eigenvalue weighted by Gasteiger charge is 2.30. The number of thiophene rings is 1. The Morgan fingerprint density at radius 2 is 1.97 bits per heavy atom. The van der Waals surface area contributed by atoms with Gasteiger partial charge in [-0.3, -0.25) is 4.79 Å². The monoisotopic (exact) mass is 418 g/mol. The molecule has 3 rings (SSSR count). The highest BCUT2D eigenvalue weighted by Crippen LogP contribution is 2.29. The maximum Gasteiger partial charge on any atom is 0.416 e. The lowest BCUT2D eigenvalue weighted by Gasteiger charge is -2.10. The number of ether oxygens (including phenoxy) is 1. The number of aryl methyl sites for hydroxylation is 1. The zero-order valence-electron chi connectivity index (χ0n) is 15.4. The van der Waals surface area contributed by atoms with Crippen molar-refractivity contribution in [1.29, 1.82) is 0 Å². The summed E-state index contributed by atoms with van der Waals surface area (Å²) in [6, 6.07) is 13.6. The summed E-state index contributed by atoms with van der Waals surface area (Å²) < 4.78 is 43.9. The maximum atomic E-state index is 12.8. The van der Waals surface area contributed by atoms with E-state index in [1.807, 2.05) is 6.92 Å². The molecule has 0 atom stereocenters. The topological polar surface area (TPSA) is 50.7 Å². The van der Waals surface area contributed by atoms with Gasteiger partial charge in [0.05, 0.1) is 17.3 Å². The van der Waals surface area contributed by atoms with Crippen LogP contribution in [0.25, 0.3) is 0 Å². The summed E-state index contributed by atoms with van der Waals surface area (Å²) in [6.45, 7) is 1.91. The molecule has 29 heavy (non-hydrogen) atoms. The fourth-order valence-corrected chi connectivity index (χ4v) is 3.16. The van der Waals surface area contributed by atoms with Crippen LogP contribution in [-0.4, -0.2) is 12.1 Å². The molecule has 0 fully saturated rings. The average molecular weight is 418 g/mol. The molecule has 0 radical (unpaired) electrons. The van der Waals surface area contributed by atoms with Crippen molar-refractivity contribution in [2.24, 2.45) is 5.10 Å². The number of nitrogens with zero attached hydrogens (tertiary/aromatic N) is 1. The number of carbonyl (C=O) groups excluding carboxylic acids is 1. The summed E-state index contributed by atoms with van der Waals surface area (Å²) in [4.78, 5) is 13.0. The van der Waals surface area contributed by atoms with Crippen LogP contribution in [0.5, 0.6) is 5.75 Å². The minimum Gasteiger partial charge on any atom is -0.489 e. The maximum absolute atomic E-state index is 12.8. The summed E-state index contributed by atoms with van der Waals surface area (Å²) in [5, 5.41) is 5.68. The van der Waals surface area contributed by atoms with Crippen molar-refractivity contribution in [3.8, 4) is 5.75 Å². The lowest BCUT2D eigenvalue weighted by molar-refractivity contribution is -0.137. The van der Waals surface area contributed by atoms with Crippen LogP contribution < -0.4 is 10.2 Å². The molecule has 1 aromatic heterocycles. The third-order valence-corrected chi connectivity index (χ3v) is 4.75. The van der Waals surface area contributed by atoms with E-state index in [0.717, 1.165) is 17.0 Å². The number of amides is 1. The van der Waals surface area contributed by atoms with Crippen molar-refractivity contribution in [2.75, 3.05) is 0 Å². The first-order valence-corrected chi connectivity index (χ1v) is 9.47.